The normalized spacial score (nSPS) is 25.5. The highest BCUT2D eigenvalue weighted by Crippen LogP contribution is 2.20. The van der Waals surface area contributed by atoms with Crippen LogP contribution >= 0.6 is 11.3 Å². The van der Waals surface area contributed by atoms with Crippen molar-refractivity contribution in [2.75, 3.05) is 5.32 Å². The van der Waals surface area contributed by atoms with E-state index in [1.165, 1.54) is 17.8 Å². The number of nitrogens with zero attached hydrogens (tertiary/aromatic N) is 2. The second-order valence-corrected chi connectivity index (χ2v) is 5.33. The van der Waals surface area contributed by atoms with E-state index in [9.17, 15) is 4.79 Å². The van der Waals surface area contributed by atoms with Gasteiger partial charge in [0.15, 0.2) is 5.13 Å². The Morgan fingerprint density at radius 1 is 1.47 bits per heavy atom. The van der Waals surface area contributed by atoms with Gasteiger partial charge < -0.3 is 0 Å². The summed E-state index contributed by atoms with van der Waals surface area (Å²) in [6.45, 7) is 4.28. The third kappa shape index (κ3) is 3.17. The summed E-state index contributed by atoms with van der Waals surface area (Å²) in [7, 11) is 0. The van der Waals surface area contributed by atoms with Crippen molar-refractivity contribution >= 4 is 22.5 Å². The molecule has 1 saturated heterocycles. The van der Waals surface area contributed by atoms with Gasteiger partial charge in [-0.1, -0.05) is 6.42 Å². The van der Waals surface area contributed by atoms with E-state index < -0.39 is 0 Å². The Bertz CT molecular complexity index is 358. The number of amides is 2. The van der Waals surface area contributed by atoms with Crippen LogP contribution in [0.4, 0.5) is 9.93 Å². The third-order valence-electron chi connectivity index (χ3n) is 3.08. The minimum Gasteiger partial charge on any atom is -0.283 e. The first kappa shape index (κ1) is 12.3. The van der Waals surface area contributed by atoms with Crippen LogP contribution in [-0.4, -0.2) is 28.1 Å². The molecule has 0 bridgehead atoms. The molecule has 1 aromatic rings. The maximum Gasteiger partial charge on any atom is 0.335 e. The Labute approximate surface area is 105 Å². The summed E-state index contributed by atoms with van der Waals surface area (Å²) in [6.07, 6.45) is 5.16. The molecule has 6 heteroatoms. The highest BCUT2D eigenvalue weighted by molar-refractivity contribution is 7.13. The molecule has 1 aromatic heterocycles. The standard InChI is InChI=1S/C11H18N4OS/c1-8-4-3-5-9(2)15(8)14-10(16)13-11-12-6-7-17-11/h6-9H,3-5H2,1-2H3,(H2,12,13,14,16)/t8-,9-/m1/s1. The summed E-state index contributed by atoms with van der Waals surface area (Å²) in [6, 6.07) is 0.571. The zero-order valence-corrected chi connectivity index (χ0v) is 11.0. The molecule has 0 aromatic carbocycles. The van der Waals surface area contributed by atoms with Crippen LogP contribution in [0.15, 0.2) is 11.6 Å². The van der Waals surface area contributed by atoms with E-state index in [4.69, 9.17) is 0 Å². The summed E-state index contributed by atoms with van der Waals surface area (Å²) in [4.78, 5) is 15.8. The molecule has 94 valence electrons. The molecule has 1 fully saturated rings. The van der Waals surface area contributed by atoms with Gasteiger partial charge in [0.25, 0.3) is 0 Å². The van der Waals surface area contributed by atoms with Gasteiger partial charge in [0.05, 0.1) is 0 Å². The lowest BCUT2D eigenvalue weighted by molar-refractivity contribution is 0.0625. The monoisotopic (exact) mass is 254 g/mol. The average molecular weight is 254 g/mol. The minimum absolute atomic E-state index is 0.208. The average Bonchev–Trinajstić information content (AvgIpc) is 2.76. The molecule has 17 heavy (non-hydrogen) atoms. The van der Waals surface area contributed by atoms with Gasteiger partial charge in [-0.2, -0.15) is 0 Å². The second-order valence-electron chi connectivity index (χ2n) is 4.44. The highest BCUT2D eigenvalue weighted by atomic mass is 32.1. The number of thiazole rings is 1. The van der Waals surface area contributed by atoms with Crippen molar-refractivity contribution in [3.63, 3.8) is 0 Å². The predicted octanol–water partition coefficient (Wildman–Crippen LogP) is 2.44. The molecule has 2 atom stereocenters. The Morgan fingerprint density at radius 2 is 2.18 bits per heavy atom. The van der Waals surface area contributed by atoms with Gasteiger partial charge in [0.1, 0.15) is 0 Å². The van der Waals surface area contributed by atoms with Crippen LogP contribution in [-0.2, 0) is 0 Å². The molecule has 1 aliphatic heterocycles. The van der Waals surface area contributed by atoms with Crippen LogP contribution < -0.4 is 10.7 Å². The van der Waals surface area contributed by atoms with E-state index in [0.717, 1.165) is 12.8 Å². The number of hydrogen-bond donors (Lipinski definition) is 2. The van der Waals surface area contributed by atoms with Crippen LogP contribution in [0, 0.1) is 0 Å². The number of nitrogens with one attached hydrogen (secondary N) is 2. The number of anilines is 1. The van der Waals surface area contributed by atoms with Gasteiger partial charge >= 0.3 is 6.03 Å². The lowest BCUT2D eigenvalue weighted by Crippen LogP contribution is -2.55. The van der Waals surface area contributed by atoms with E-state index in [0.29, 0.717) is 17.2 Å². The number of piperidine rings is 1. The van der Waals surface area contributed by atoms with E-state index >= 15 is 0 Å². The first-order chi connectivity index (χ1) is 8.16. The summed E-state index contributed by atoms with van der Waals surface area (Å²) < 4.78 is 0. The zero-order valence-electron chi connectivity index (χ0n) is 10.1. The molecule has 0 saturated carbocycles. The number of rotatable bonds is 2. The molecule has 5 nitrogen and oxygen atoms in total. The van der Waals surface area contributed by atoms with Crippen molar-refractivity contribution in [1.82, 2.24) is 15.4 Å². The molecular formula is C11H18N4OS. The highest BCUT2D eigenvalue weighted by Gasteiger charge is 2.26. The van der Waals surface area contributed by atoms with Crippen molar-refractivity contribution in [3.05, 3.63) is 11.6 Å². The molecule has 1 aliphatic rings. The molecule has 0 aliphatic carbocycles. The number of aromatic nitrogens is 1. The molecule has 0 spiro atoms. The Balaban J connectivity index is 1.88. The maximum absolute atomic E-state index is 11.8. The molecular weight excluding hydrogens is 236 g/mol. The molecule has 2 amide bonds. The van der Waals surface area contributed by atoms with Crippen LogP contribution in [0.1, 0.15) is 33.1 Å². The van der Waals surface area contributed by atoms with Gasteiger partial charge in [0.2, 0.25) is 0 Å². The maximum atomic E-state index is 11.8. The van der Waals surface area contributed by atoms with Crippen molar-refractivity contribution in [3.8, 4) is 0 Å². The Hall–Kier alpha value is -1.14. The summed E-state index contributed by atoms with van der Waals surface area (Å²) >= 11 is 1.41. The van der Waals surface area contributed by atoms with Gasteiger partial charge in [0, 0.05) is 23.7 Å². The fourth-order valence-electron chi connectivity index (χ4n) is 2.17. The quantitative estimate of drug-likeness (QED) is 0.852. The molecule has 0 radical (unpaired) electrons. The van der Waals surface area contributed by atoms with Crippen molar-refractivity contribution < 1.29 is 4.79 Å². The van der Waals surface area contributed by atoms with E-state index in [-0.39, 0.29) is 6.03 Å². The summed E-state index contributed by atoms with van der Waals surface area (Å²) in [5.74, 6) is 0. The van der Waals surface area contributed by atoms with E-state index in [2.05, 4.69) is 29.6 Å². The molecule has 0 unspecified atom stereocenters. The fraction of sp³-hybridized carbons (Fsp3) is 0.636. The van der Waals surface area contributed by atoms with Gasteiger partial charge in [-0.05, 0) is 26.7 Å². The lowest BCUT2D eigenvalue weighted by atomic mass is 10.00. The van der Waals surface area contributed by atoms with Crippen molar-refractivity contribution in [2.24, 2.45) is 0 Å². The van der Waals surface area contributed by atoms with Crippen LogP contribution in [0.25, 0.3) is 0 Å². The fourth-order valence-corrected chi connectivity index (χ4v) is 2.69. The van der Waals surface area contributed by atoms with E-state index in [1.807, 2.05) is 10.4 Å². The smallest absolute Gasteiger partial charge is 0.283 e. The van der Waals surface area contributed by atoms with Crippen LogP contribution in [0.5, 0.6) is 0 Å². The number of hydrazine groups is 1. The van der Waals surface area contributed by atoms with Crippen LogP contribution in [0.2, 0.25) is 0 Å². The third-order valence-corrected chi connectivity index (χ3v) is 3.77. The topological polar surface area (TPSA) is 57.3 Å². The number of carbonyl (C=O) groups excluding carboxylic acids is 1. The molecule has 2 N–H and O–H groups in total. The summed E-state index contributed by atoms with van der Waals surface area (Å²) in [5, 5.41) is 7.22. The SMILES string of the molecule is C[C@@H]1CCC[C@@H](C)N1NC(=O)Nc1nccs1. The van der Waals surface area contributed by atoms with Crippen molar-refractivity contribution in [2.45, 2.75) is 45.2 Å². The number of hydrogen-bond acceptors (Lipinski definition) is 4. The first-order valence-electron chi connectivity index (χ1n) is 5.92. The van der Waals surface area contributed by atoms with Gasteiger partial charge in [-0.25, -0.2) is 14.8 Å². The lowest BCUT2D eigenvalue weighted by Gasteiger charge is -2.38. The first-order valence-corrected chi connectivity index (χ1v) is 6.80. The molecule has 2 heterocycles. The Morgan fingerprint density at radius 3 is 2.76 bits per heavy atom. The second kappa shape index (κ2) is 5.46. The van der Waals surface area contributed by atoms with Crippen molar-refractivity contribution in [1.29, 1.82) is 0 Å². The van der Waals surface area contributed by atoms with Gasteiger partial charge in [-0.3, -0.25) is 10.7 Å². The Kier molecular flexibility index (Phi) is 3.96. The minimum atomic E-state index is -0.208. The van der Waals surface area contributed by atoms with Gasteiger partial charge in [-0.15, -0.1) is 11.3 Å². The van der Waals surface area contributed by atoms with Crippen LogP contribution in [0.3, 0.4) is 0 Å². The summed E-state index contributed by atoms with van der Waals surface area (Å²) in [5.41, 5.74) is 2.91. The number of carbonyl (C=O) groups is 1. The zero-order chi connectivity index (χ0) is 12.3. The predicted molar refractivity (Wildman–Crippen MR) is 68.9 cm³/mol. The van der Waals surface area contributed by atoms with E-state index in [1.54, 1.807) is 6.20 Å². The largest absolute Gasteiger partial charge is 0.335 e. The molecule has 2 rings (SSSR count). The number of urea groups is 1.